The van der Waals surface area contributed by atoms with E-state index in [1.54, 1.807) is 26.0 Å². The first-order chi connectivity index (χ1) is 9.47. The van der Waals surface area contributed by atoms with Crippen LogP contribution in [-0.4, -0.2) is 19.2 Å². The maximum absolute atomic E-state index is 11.6. The molecule has 1 aromatic rings. The fourth-order valence-corrected chi connectivity index (χ4v) is 1.61. The van der Waals surface area contributed by atoms with Crippen LogP contribution in [0.1, 0.15) is 38.9 Å². The van der Waals surface area contributed by atoms with Gasteiger partial charge in [0.1, 0.15) is 6.10 Å². The highest BCUT2D eigenvalue weighted by atomic mass is 16.5. The van der Waals surface area contributed by atoms with Crippen LogP contribution in [0.5, 0.6) is 0 Å². The van der Waals surface area contributed by atoms with E-state index in [2.05, 4.69) is 10.1 Å². The molecule has 1 rings (SSSR count). The van der Waals surface area contributed by atoms with E-state index < -0.39 is 6.09 Å². The van der Waals surface area contributed by atoms with E-state index >= 15 is 0 Å². The van der Waals surface area contributed by atoms with Gasteiger partial charge >= 0.3 is 12.1 Å². The predicted octanol–water partition coefficient (Wildman–Crippen LogP) is 3.52. The van der Waals surface area contributed by atoms with Gasteiger partial charge in [-0.05, 0) is 24.1 Å². The summed E-state index contributed by atoms with van der Waals surface area (Å²) in [4.78, 5) is 22.7. The molecule has 0 fully saturated rings. The van der Waals surface area contributed by atoms with Crippen LogP contribution < -0.4 is 5.32 Å². The summed E-state index contributed by atoms with van der Waals surface area (Å²) in [5.74, 6) is -0.363. The summed E-state index contributed by atoms with van der Waals surface area (Å²) in [6, 6.07) is 7.15. The molecule has 5 heteroatoms. The predicted molar refractivity (Wildman–Crippen MR) is 76.4 cm³/mol. The fourth-order valence-electron chi connectivity index (χ4n) is 1.61. The van der Waals surface area contributed by atoms with E-state index in [1.807, 2.05) is 19.1 Å². The number of amides is 1. The Morgan fingerprint density at radius 2 is 1.80 bits per heavy atom. The van der Waals surface area contributed by atoms with Crippen LogP contribution in [0.2, 0.25) is 0 Å². The van der Waals surface area contributed by atoms with Crippen LogP contribution in [0.4, 0.5) is 10.5 Å². The van der Waals surface area contributed by atoms with Gasteiger partial charge in [0.2, 0.25) is 0 Å². The lowest BCUT2D eigenvalue weighted by Crippen LogP contribution is -2.16. The lowest BCUT2D eigenvalue weighted by molar-refractivity contribution is -0.153. The lowest BCUT2D eigenvalue weighted by Gasteiger charge is -2.18. The van der Waals surface area contributed by atoms with Crippen LogP contribution in [0, 0.1) is 5.92 Å². The van der Waals surface area contributed by atoms with Crippen molar-refractivity contribution in [3.63, 3.8) is 0 Å². The minimum absolute atomic E-state index is 0.149. The number of hydrogen-bond acceptors (Lipinski definition) is 4. The van der Waals surface area contributed by atoms with Crippen LogP contribution in [0.3, 0.4) is 0 Å². The Hall–Kier alpha value is -2.04. The van der Waals surface area contributed by atoms with Gasteiger partial charge in [0.05, 0.1) is 13.0 Å². The SMILES string of the molecule is CCC(OC(=O)C(C)C)c1ccc(NC(=O)OC)cc1. The molecule has 1 amide bonds. The maximum Gasteiger partial charge on any atom is 0.411 e. The molecule has 0 heterocycles. The summed E-state index contributed by atoms with van der Waals surface area (Å²) in [6.45, 7) is 5.57. The third-order valence-electron chi connectivity index (χ3n) is 2.81. The molecule has 0 saturated carbocycles. The molecule has 0 spiro atoms. The van der Waals surface area contributed by atoms with E-state index in [-0.39, 0.29) is 18.0 Å². The summed E-state index contributed by atoms with van der Waals surface area (Å²) >= 11 is 0. The molecule has 1 unspecified atom stereocenters. The number of carbonyl (C=O) groups excluding carboxylic acids is 2. The number of benzene rings is 1. The van der Waals surface area contributed by atoms with Gasteiger partial charge in [0, 0.05) is 5.69 Å². The molecule has 0 aliphatic rings. The smallest absolute Gasteiger partial charge is 0.411 e. The van der Waals surface area contributed by atoms with Gasteiger partial charge in [-0.25, -0.2) is 4.79 Å². The van der Waals surface area contributed by atoms with Crippen LogP contribution in [-0.2, 0) is 14.3 Å². The molecule has 0 bridgehead atoms. The highest BCUT2D eigenvalue weighted by Gasteiger charge is 2.17. The quantitative estimate of drug-likeness (QED) is 0.838. The average molecular weight is 279 g/mol. The van der Waals surface area contributed by atoms with Crippen molar-refractivity contribution < 1.29 is 19.1 Å². The van der Waals surface area contributed by atoms with Gasteiger partial charge < -0.3 is 9.47 Å². The van der Waals surface area contributed by atoms with Crippen molar-refractivity contribution in [3.05, 3.63) is 29.8 Å². The van der Waals surface area contributed by atoms with Gasteiger partial charge in [0.25, 0.3) is 0 Å². The average Bonchev–Trinajstić information content (AvgIpc) is 2.45. The molecule has 20 heavy (non-hydrogen) atoms. The van der Waals surface area contributed by atoms with Crippen molar-refractivity contribution in [3.8, 4) is 0 Å². The number of hydrogen-bond donors (Lipinski definition) is 1. The maximum atomic E-state index is 11.6. The number of anilines is 1. The number of nitrogens with one attached hydrogen (secondary N) is 1. The first-order valence-electron chi connectivity index (χ1n) is 6.63. The van der Waals surface area contributed by atoms with Crippen LogP contribution >= 0.6 is 0 Å². The Bertz CT molecular complexity index is 453. The zero-order valence-electron chi connectivity index (χ0n) is 12.3. The van der Waals surface area contributed by atoms with E-state index in [0.717, 1.165) is 5.56 Å². The third-order valence-corrected chi connectivity index (χ3v) is 2.81. The van der Waals surface area contributed by atoms with Gasteiger partial charge in [0.15, 0.2) is 0 Å². The van der Waals surface area contributed by atoms with E-state index in [4.69, 9.17) is 4.74 Å². The first kappa shape index (κ1) is 16.0. The zero-order chi connectivity index (χ0) is 15.1. The van der Waals surface area contributed by atoms with Gasteiger partial charge in [-0.1, -0.05) is 32.9 Å². The summed E-state index contributed by atoms with van der Waals surface area (Å²) < 4.78 is 9.95. The molecule has 1 atom stereocenters. The van der Waals surface area contributed by atoms with Crippen LogP contribution in [0.25, 0.3) is 0 Å². The highest BCUT2D eigenvalue weighted by Crippen LogP contribution is 2.24. The third kappa shape index (κ3) is 4.57. The van der Waals surface area contributed by atoms with Gasteiger partial charge in [-0.2, -0.15) is 0 Å². The Kier molecular flexibility index (Phi) is 6.03. The zero-order valence-corrected chi connectivity index (χ0v) is 12.3. The molecule has 0 saturated heterocycles. The highest BCUT2D eigenvalue weighted by molar-refractivity contribution is 5.84. The van der Waals surface area contributed by atoms with Crippen molar-refractivity contribution >= 4 is 17.7 Å². The molecular weight excluding hydrogens is 258 g/mol. The van der Waals surface area contributed by atoms with Crippen molar-refractivity contribution in [2.45, 2.75) is 33.3 Å². The molecule has 0 aliphatic heterocycles. The molecule has 1 N–H and O–H groups in total. The monoisotopic (exact) mass is 279 g/mol. The Labute approximate surface area is 119 Å². The van der Waals surface area contributed by atoms with Gasteiger partial charge in [-0.3, -0.25) is 10.1 Å². The minimum Gasteiger partial charge on any atom is -0.457 e. The summed E-state index contributed by atoms with van der Waals surface area (Å²) in [5.41, 5.74) is 1.53. The molecule has 1 aromatic carbocycles. The second kappa shape index (κ2) is 7.53. The second-order valence-corrected chi connectivity index (χ2v) is 4.73. The van der Waals surface area contributed by atoms with Crippen molar-refractivity contribution in [2.24, 2.45) is 5.92 Å². The topological polar surface area (TPSA) is 64.6 Å². The van der Waals surface area contributed by atoms with Crippen molar-refractivity contribution in [1.29, 1.82) is 0 Å². The molecule has 0 aliphatic carbocycles. The van der Waals surface area contributed by atoms with Gasteiger partial charge in [-0.15, -0.1) is 0 Å². The molecule has 0 aromatic heterocycles. The van der Waals surface area contributed by atoms with Crippen molar-refractivity contribution in [2.75, 3.05) is 12.4 Å². The van der Waals surface area contributed by atoms with Crippen LogP contribution in [0.15, 0.2) is 24.3 Å². The minimum atomic E-state index is -0.518. The van der Waals surface area contributed by atoms with E-state index in [1.165, 1.54) is 7.11 Å². The largest absolute Gasteiger partial charge is 0.457 e. The Balaban J connectivity index is 2.74. The fraction of sp³-hybridized carbons (Fsp3) is 0.467. The van der Waals surface area contributed by atoms with E-state index in [9.17, 15) is 9.59 Å². The number of rotatable bonds is 5. The standard InChI is InChI=1S/C15H21NO4/c1-5-13(20-14(17)10(2)3)11-6-8-12(9-7-11)16-15(18)19-4/h6-10,13H,5H2,1-4H3,(H,16,18). The van der Waals surface area contributed by atoms with Crippen molar-refractivity contribution in [1.82, 2.24) is 0 Å². The summed E-state index contributed by atoms with van der Waals surface area (Å²) in [5, 5.41) is 2.57. The number of ether oxygens (including phenoxy) is 2. The lowest BCUT2D eigenvalue weighted by atomic mass is 10.1. The Morgan fingerprint density at radius 3 is 2.25 bits per heavy atom. The molecule has 0 radical (unpaired) electrons. The molecule has 5 nitrogen and oxygen atoms in total. The number of methoxy groups -OCH3 is 1. The molecule has 110 valence electrons. The Morgan fingerprint density at radius 1 is 1.20 bits per heavy atom. The molecular formula is C15H21NO4. The number of carbonyl (C=O) groups is 2. The first-order valence-corrected chi connectivity index (χ1v) is 6.63. The van der Waals surface area contributed by atoms with E-state index in [0.29, 0.717) is 12.1 Å². The second-order valence-electron chi connectivity index (χ2n) is 4.73. The summed E-state index contributed by atoms with van der Waals surface area (Å²) in [6.07, 6.45) is -0.0875. The normalized spacial score (nSPS) is 11.8. The summed E-state index contributed by atoms with van der Waals surface area (Å²) in [7, 11) is 1.31. The number of esters is 1.